The Morgan fingerprint density at radius 1 is 1.21 bits per heavy atom. The van der Waals surface area contributed by atoms with Crippen molar-refractivity contribution in [3.63, 3.8) is 0 Å². The number of rotatable bonds is 4. The van der Waals surface area contributed by atoms with E-state index in [0.29, 0.717) is 30.1 Å². The molecule has 2 fully saturated rings. The van der Waals surface area contributed by atoms with E-state index in [1.807, 2.05) is 4.90 Å². The molecule has 4 nitrogen and oxygen atoms in total. The molecule has 1 aromatic rings. The average molecular weight is 334 g/mol. The van der Waals surface area contributed by atoms with E-state index >= 15 is 0 Å². The lowest BCUT2D eigenvalue weighted by atomic mass is 9.95. The van der Waals surface area contributed by atoms with Crippen LogP contribution in [0.2, 0.25) is 0 Å². The van der Waals surface area contributed by atoms with Crippen molar-refractivity contribution in [3.05, 3.63) is 35.1 Å². The van der Waals surface area contributed by atoms with Gasteiger partial charge in [-0.1, -0.05) is 6.42 Å². The summed E-state index contributed by atoms with van der Waals surface area (Å²) in [6.07, 6.45) is 3.79. The number of amides is 1. The van der Waals surface area contributed by atoms with E-state index in [4.69, 9.17) is 0 Å². The van der Waals surface area contributed by atoms with Gasteiger partial charge in [0.2, 0.25) is 0 Å². The van der Waals surface area contributed by atoms with Crippen molar-refractivity contribution in [3.8, 4) is 0 Å². The minimum atomic E-state index is -0.318. The van der Waals surface area contributed by atoms with Gasteiger partial charge in [-0.25, -0.2) is 4.39 Å². The second-order valence-electron chi connectivity index (χ2n) is 7.23. The molecule has 0 aromatic heterocycles. The number of likely N-dealkylation sites (tertiary alicyclic amines) is 2. The summed E-state index contributed by atoms with van der Waals surface area (Å²) >= 11 is 0. The SMILES string of the molecule is Cc1cc(F)ccc1C(=O)N1C[C@@H](CN2CCCCC2)[C@@H](CO)C1. The summed E-state index contributed by atoms with van der Waals surface area (Å²) in [5.41, 5.74) is 1.23. The van der Waals surface area contributed by atoms with Crippen LogP contribution in [-0.4, -0.2) is 60.1 Å². The molecule has 0 unspecified atom stereocenters. The van der Waals surface area contributed by atoms with Crippen molar-refractivity contribution in [2.45, 2.75) is 26.2 Å². The first kappa shape index (κ1) is 17.4. The zero-order valence-corrected chi connectivity index (χ0v) is 14.4. The summed E-state index contributed by atoms with van der Waals surface area (Å²) in [4.78, 5) is 17.1. The molecule has 0 bridgehead atoms. The van der Waals surface area contributed by atoms with Gasteiger partial charge in [0, 0.05) is 37.7 Å². The highest BCUT2D eigenvalue weighted by Crippen LogP contribution is 2.27. The molecule has 0 saturated carbocycles. The van der Waals surface area contributed by atoms with Gasteiger partial charge < -0.3 is 14.9 Å². The van der Waals surface area contributed by atoms with Crippen LogP contribution in [0.5, 0.6) is 0 Å². The molecule has 2 heterocycles. The fourth-order valence-corrected chi connectivity index (χ4v) is 4.03. The van der Waals surface area contributed by atoms with Crippen LogP contribution in [0, 0.1) is 24.6 Å². The van der Waals surface area contributed by atoms with E-state index in [-0.39, 0.29) is 24.2 Å². The van der Waals surface area contributed by atoms with Crippen LogP contribution < -0.4 is 0 Å². The summed E-state index contributed by atoms with van der Waals surface area (Å²) in [5, 5.41) is 9.72. The van der Waals surface area contributed by atoms with Crippen molar-refractivity contribution in [1.82, 2.24) is 9.80 Å². The van der Waals surface area contributed by atoms with Crippen molar-refractivity contribution >= 4 is 5.91 Å². The molecule has 1 amide bonds. The fraction of sp³-hybridized carbons (Fsp3) is 0.632. The molecular weight excluding hydrogens is 307 g/mol. The van der Waals surface area contributed by atoms with E-state index in [2.05, 4.69) is 4.90 Å². The predicted molar refractivity (Wildman–Crippen MR) is 91.4 cm³/mol. The number of halogens is 1. The molecule has 0 radical (unpaired) electrons. The average Bonchev–Trinajstić information content (AvgIpc) is 2.98. The Balaban J connectivity index is 1.67. The lowest BCUT2D eigenvalue weighted by molar-refractivity contribution is 0.0777. The van der Waals surface area contributed by atoms with Crippen LogP contribution in [-0.2, 0) is 0 Å². The summed E-state index contributed by atoms with van der Waals surface area (Å²) in [5.74, 6) is 0.0863. The number of aliphatic hydroxyl groups excluding tert-OH is 1. The topological polar surface area (TPSA) is 43.8 Å². The van der Waals surface area contributed by atoms with Crippen molar-refractivity contribution in [2.75, 3.05) is 39.3 Å². The van der Waals surface area contributed by atoms with E-state index < -0.39 is 0 Å². The maximum absolute atomic E-state index is 13.3. The molecule has 0 spiro atoms. The number of aryl methyl sites for hydroxylation is 1. The number of carbonyl (C=O) groups excluding carboxylic acids is 1. The van der Waals surface area contributed by atoms with Gasteiger partial charge in [0.25, 0.3) is 5.91 Å². The zero-order chi connectivity index (χ0) is 17.1. The molecule has 5 heteroatoms. The minimum absolute atomic E-state index is 0.0490. The van der Waals surface area contributed by atoms with E-state index in [0.717, 1.165) is 19.6 Å². The molecule has 24 heavy (non-hydrogen) atoms. The Labute approximate surface area is 143 Å². The third kappa shape index (κ3) is 3.78. The summed E-state index contributed by atoms with van der Waals surface area (Å²) in [6.45, 7) is 6.35. The van der Waals surface area contributed by atoms with Gasteiger partial charge in [-0.2, -0.15) is 0 Å². The van der Waals surface area contributed by atoms with Crippen LogP contribution in [0.4, 0.5) is 4.39 Å². The van der Waals surface area contributed by atoms with Crippen LogP contribution in [0.1, 0.15) is 35.2 Å². The van der Waals surface area contributed by atoms with Crippen molar-refractivity contribution < 1.29 is 14.3 Å². The lowest BCUT2D eigenvalue weighted by Crippen LogP contribution is -2.37. The molecule has 2 aliphatic rings. The Kier molecular flexibility index (Phi) is 5.51. The summed E-state index contributed by atoms with van der Waals surface area (Å²) in [7, 11) is 0. The highest BCUT2D eigenvalue weighted by Gasteiger charge is 2.36. The highest BCUT2D eigenvalue weighted by atomic mass is 19.1. The normalized spacial score (nSPS) is 25.2. The summed E-state index contributed by atoms with van der Waals surface area (Å²) < 4.78 is 13.3. The Morgan fingerprint density at radius 2 is 1.92 bits per heavy atom. The van der Waals surface area contributed by atoms with Gasteiger partial charge in [-0.15, -0.1) is 0 Å². The molecule has 0 aliphatic carbocycles. The lowest BCUT2D eigenvalue weighted by Gasteiger charge is -2.30. The molecule has 2 atom stereocenters. The van der Waals surface area contributed by atoms with Crippen molar-refractivity contribution in [2.24, 2.45) is 11.8 Å². The predicted octanol–water partition coefficient (Wildman–Crippen LogP) is 2.30. The van der Waals surface area contributed by atoms with Gasteiger partial charge in [0.15, 0.2) is 0 Å². The quantitative estimate of drug-likeness (QED) is 0.919. The molecule has 132 valence electrons. The minimum Gasteiger partial charge on any atom is -0.396 e. The summed E-state index contributed by atoms with van der Waals surface area (Å²) in [6, 6.07) is 4.31. The third-order valence-corrected chi connectivity index (χ3v) is 5.46. The van der Waals surface area contributed by atoms with Gasteiger partial charge in [-0.05, 0) is 62.5 Å². The van der Waals surface area contributed by atoms with Crippen LogP contribution >= 0.6 is 0 Å². The van der Waals surface area contributed by atoms with E-state index in [1.54, 1.807) is 13.0 Å². The number of hydrogen-bond donors (Lipinski definition) is 1. The first-order valence-corrected chi connectivity index (χ1v) is 8.97. The Hall–Kier alpha value is -1.46. The monoisotopic (exact) mass is 334 g/mol. The number of benzene rings is 1. The van der Waals surface area contributed by atoms with E-state index in [1.165, 1.54) is 31.4 Å². The number of nitrogens with zero attached hydrogens (tertiary/aromatic N) is 2. The van der Waals surface area contributed by atoms with Gasteiger partial charge in [-0.3, -0.25) is 4.79 Å². The first-order chi connectivity index (χ1) is 11.6. The number of aliphatic hydroxyl groups is 1. The molecule has 1 N–H and O–H groups in total. The standard InChI is InChI=1S/C19H27FN2O2/c1-14-9-17(20)5-6-18(14)19(24)22-11-15(16(12-22)13-23)10-21-7-3-2-4-8-21/h5-6,9,15-16,23H,2-4,7-8,10-13H2,1H3/t15-,16-/m1/s1. The van der Waals surface area contributed by atoms with Gasteiger partial charge in [0.05, 0.1) is 0 Å². The zero-order valence-electron chi connectivity index (χ0n) is 14.4. The molecule has 3 rings (SSSR count). The Morgan fingerprint density at radius 3 is 2.58 bits per heavy atom. The first-order valence-electron chi connectivity index (χ1n) is 8.97. The molecule has 2 saturated heterocycles. The maximum atomic E-state index is 13.3. The molecule has 1 aromatic carbocycles. The largest absolute Gasteiger partial charge is 0.396 e. The number of hydrogen-bond acceptors (Lipinski definition) is 3. The second kappa shape index (κ2) is 7.62. The molecule has 2 aliphatic heterocycles. The molecular formula is C19H27FN2O2. The number of piperidine rings is 1. The number of carbonyl (C=O) groups is 1. The highest BCUT2D eigenvalue weighted by molar-refractivity contribution is 5.95. The van der Waals surface area contributed by atoms with Crippen molar-refractivity contribution in [1.29, 1.82) is 0 Å². The van der Waals surface area contributed by atoms with Gasteiger partial charge >= 0.3 is 0 Å². The van der Waals surface area contributed by atoms with Gasteiger partial charge in [0.1, 0.15) is 5.82 Å². The smallest absolute Gasteiger partial charge is 0.254 e. The van der Waals surface area contributed by atoms with Crippen LogP contribution in [0.3, 0.4) is 0 Å². The van der Waals surface area contributed by atoms with Crippen LogP contribution in [0.15, 0.2) is 18.2 Å². The Bertz CT molecular complexity index is 587. The fourth-order valence-electron chi connectivity index (χ4n) is 4.03. The maximum Gasteiger partial charge on any atom is 0.254 e. The second-order valence-corrected chi connectivity index (χ2v) is 7.23. The van der Waals surface area contributed by atoms with E-state index in [9.17, 15) is 14.3 Å². The third-order valence-electron chi connectivity index (χ3n) is 5.46. The van der Waals surface area contributed by atoms with Crippen LogP contribution in [0.25, 0.3) is 0 Å².